The maximum absolute atomic E-state index is 12.1. The molecule has 3 rings (SSSR count). The van der Waals surface area contributed by atoms with Gasteiger partial charge in [0.25, 0.3) is 5.56 Å². The van der Waals surface area contributed by atoms with Crippen LogP contribution in [0.25, 0.3) is 0 Å². The van der Waals surface area contributed by atoms with Crippen LogP contribution >= 0.6 is 39.2 Å². The minimum atomic E-state index is -0.294. The smallest absolute Gasteiger partial charge is 0.294 e. The molecule has 26 heavy (non-hydrogen) atoms. The van der Waals surface area contributed by atoms with Crippen molar-refractivity contribution in [2.24, 2.45) is 0 Å². The van der Waals surface area contributed by atoms with Crippen LogP contribution in [0.4, 0.5) is 5.95 Å². The Morgan fingerprint density at radius 3 is 2.88 bits per heavy atom. The number of aromatic nitrogens is 3. The molecular formula is C17H17BrN4O2S2. The maximum atomic E-state index is 12.1. The van der Waals surface area contributed by atoms with Crippen molar-refractivity contribution in [3.05, 3.63) is 68.0 Å². The Hall–Kier alpha value is -1.84. The van der Waals surface area contributed by atoms with Crippen molar-refractivity contribution in [2.75, 3.05) is 17.6 Å². The Bertz CT molecular complexity index is 886. The van der Waals surface area contributed by atoms with Crippen molar-refractivity contribution in [3.8, 4) is 5.75 Å². The fourth-order valence-electron chi connectivity index (χ4n) is 2.06. The Balaban J connectivity index is 1.42. The zero-order valence-corrected chi connectivity index (χ0v) is 17.0. The molecule has 0 aliphatic carbocycles. The highest BCUT2D eigenvalue weighted by Crippen LogP contribution is 2.22. The van der Waals surface area contributed by atoms with Crippen molar-refractivity contribution >= 4 is 45.2 Å². The van der Waals surface area contributed by atoms with Crippen LogP contribution in [0.5, 0.6) is 5.75 Å². The molecule has 3 aromatic rings. The van der Waals surface area contributed by atoms with Gasteiger partial charge in [-0.3, -0.25) is 9.78 Å². The molecule has 0 aliphatic heterocycles. The number of aromatic amines is 1. The van der Waals surface area contributed by atoms with Gasteiger partial charge in [0.1, 0.15) is 6.61 Å². The molecule has 9 heteroatoms. The first-order chi connectivity index (χ1) is 12.7. The van der Waals surface area contributed by atoms with Gasteiger partial charge in [-0.25, -0.2) is 4.98 Å². The first kappa shape index (κ1) is 18.9. The second kappa shape index (κ2) is 9.75. The summed E-state index contributed by atoms with van der Waals surface area (Å²) >= 11 is 6.68. The Kier molecular flexibility index (Phi) is 7.10. The largest absolute Gasteiger partial charge is 0.482 e. The molecule has 0 saturated carbocycles. The lowest BCUT2D eigenvalue weighted by Crippen LogP contribution is -2.16. The molecule has 1 aromatic carbocycles. The van der Waals surface area contributed by atoms with E-state index in [0.29, 0.717) is 19.1 Å². The zero-order chi connectivity index (χ0) is 18.2. The summed E-state index contributed by atoms with van der Waals surface area (Å²) in [7, 11) is 0. The summed E-state index contributed by atoms with van der Waals surface area (Å²) in [4.78, 5) is 19.0. The van der Waals surface area contributed by atoms with E-state index in [0.717, 1.165) is 27.2 Å². The van der Waals surface area contributed by atoms with Gasteiger partial charge in [0.15, 0.2) is 0 Å². The summed E-state index contributed by atoms with van der Waals surface area (Å²) in [6.45, 7) is 1.03. The lowest BCUT2D eigenvalue weighted by Gasteiger charge is -2.07. The predicted molar refractivity (Wildman–Crippen MR) is 110 cm³/mol. The van der Waals surface area contributed by atoms with Crippen LogP contribution in [0.2, 0.25) is 0 Å². The average Bonchev–Trinajstić information content (AvgIpc) is 3.06. The molecule has 0 aliphatic rings. The highest BCUT2D eigenvalue weighted by Gasteiger charge is 2.05. The first-order valence-corrected chi connectivity index (χ1v) is 10.7. The minimum absolute atomic E-state index is 0.210. The molecule has 2 heterocycles. The van der Waals surface area contributed by atoms with Crippen LogP contribution in [0.3, 0.4) is 0 Å². The van der Waals surface area contributed by atoms with E-state index >= 15 is 0 Å². The van der Waals surface area contributed by atoms with Gasteiger partial charge in [0, 0.05) is 23.4 Å². The number of nitrogens with one attached hydrogen (secondary N) is 2. The summed E-state index contributed by atoms with van der Waals surface area (Å²) in [5.74, 6) is 2.38. The number of halogens is 1. The topological polar surface area (TPSA) is 79.9 Å². The molecule has 0 unspecified atom stereocenters. The maximum Gasteiger partial charge on any atom is 0.294 e. The summed E-state index contributed by atoms with van der Waals surface area (Å²) in [5.41, 5.74) is 1.77. The molecule has 136 valence electrons. The first-order valence-electron chi connectivity index (χ1n) is 7.89. The van der Waals surface area contributed by atoms with Gasteiger partial charge in [0.05, 0.1) is 16.4 Å². The molecule has 0 bridgehead atoms. The number of thioether (sulfide) groups is 1. The number of anilines is 1. The normalized spacial score (nSPS) is 10.7. The number of hydrogen-bond donors (Lipinski definition) is 2. The molecule has 0 radical (unpaired) electrons. The van der Waals surface area contributed by atoms with E-state index in [1.165, 1.54) is 17.7 Å². The molecule has 0 saturated heterocycles. The van der Waals surface area contributed by atoms with Crippen LogP contribution in [-0.4, -0.2) is 26.6 Å². The monoisotopic (exact) mass is 452 g/mol. The SMILES string of the molecule is O=c1[nH]c(NCCSCc2nscc2Br)ncc1OCc1ccccc1. The third-order valence-corrected chi connectivity index (χ3v) is 6.00. The summed E-state index contributed by atoms with van der Waals surface area (Å²) < 4.78 is 10.9. The average molecular weight is 453 g/mol. The van der Waals surface area contributed by atoms with Gasteiger partial charge in [0.2, 0.25) is 11.7 Å². The van der Waals surface area contributed by atoms with Crippen molar-refractivity contribution in [2.45, 2.75) is 12.4 Å². The van der Waals surface area contributed by atoms with Crippen LogP contribution in [0.15, 0.2) is 51.2 Å². The molecule has 2 N–H and O–H groups in total. The lowest BCUT2D eigenvalue weighted by molar-refractivity contribution is 0.300. The van der Waals surface area contributed by atoms with E-state index in [4.69, 9.17) is 4.74 Å². The standard InChI is InChI=1S/C17H17BrN4O2S2/c18-13-10-26-22-14(13)11-25-7-6-19-17-20-8-15(16(23)21-17)24-9-12-4-2-1-3-5-12/h1-5,8,10H,6-7,9,11H2,(H2,19,20,21,23). The molecule has 0 atom stereocenters. The van der Waals surface area contributed by atoms with E-state index in [1.54, 1.807) is 11.8 Å². The van der Waals surface area contributed by atoms with Gasteiger partial charge in [-0.2, -0.15) is 16.1 Å². The zero-order valence-electron chi connectivity index (χ0n) is 13.8. The number of benzene rings is 1. The van der Waals surface area contributed by atoms with E-state index in [9.17, 15) is 4.79 Å². The van der Waals surface area contributed by atoms with Gasteiger partial charge in [-0.1, -0.05) is 30.3 Å². The second-order valence-electron chi connectivity index (χ2n) is 5.29. The van der Waals surface area contributed by atoms with Crippen molar-refractivity contribution in [3.63, 3.8) is 0 Å². The fourth-order valence-corrected chi connectivity index (χ4v) is 4.30. The molecule has 0 spiro atoms. The van der Waals surface area contributed by atoms with Gasteiger partial charge in [-0.15, -0.1) is 0 Å². The Morgan fingerprint density at radius 2 is 2.15 bits per heavy atom. The summed E-state index contributed by atoms with van der Waals surface area (Å²) in [6.07, 6.45) is 1.45. The molecule has 6 nitrogen and oxygen atoms in total. The summed E-state index contributed by atoms with van der Waals surface area (Å²) in [5, 5.41) is 5.09. The fraction of sp³-hybridized carbons (Fsp3) is 0.235. The summed E-state index contributed by atoms with van der Waals surface area (Å²) in [6, 6.07) is 9.68. The van der Waals surface area contributed by atoms with Gasteiger partial charge >= 0.3 is 0 Å². The van der Waals surface area contributed by atoms with E-state index in [2.05, 4.69) is 35.6 Å². The molecule has 0 fully saturated rings. The number of rotatable bonds is 9. The van der Waals surface area contributed by atoms with Crippen LogP contribution in [-0.2, 0) is 12.4 Å². The van der Waals surface area contributed by atoms with Gasteiger partial charge in [-0.05, 0) is 33.0 Å². The minimum Gasteiger partial charge on any atom is -0.482 e. The number of nitrogens with zero attached hydrogens (tertiary/aromatic N) is 2. The van der Waals surface area contributed by atoms with Crippen LogP contribution in [0.1, 0.15) is 11.3 Å². The lowest BCUT2D eigenvalue weighted by atomic mass is 10.2. The van der Waals surface area contributed by atoms with Crippen LogP contribution < -0.4 is 15.6 Å². The Labute approximate surface area is 167 Å². The van der Waals surface area contributed by atoms with Crippen molar-refractivity contribution < 1.29 is 4.74 Å². The molecule has 2 aromatic heterocycles. The molecule has 0 amide bonds. The third kappa shape index (κ3) is 5.58. The number of hydrogen-bond acceptors (Lipinski definition) is 7. The highest BCUT2D eigenvalue weighted by molar-refractivity contribution is 9.10. The van der Waals surface area contributed by atoms with E-state index in [-0.39, 0.29) is 11.3 Å². The van der Waals surface area contributed by atoms with Crippen molar-refractivity contribution in [1.29, 1.82) is 0 Å². The van der Waals surface area contributed by atoms with Crippen LogP contribution in [0, 0.1) is 0 Å². The van der Waals surface area contributed by atoms with Crippen molar-refractivity contribution in [1.82, 2.24) is 14.3 Å². The van der Waals surface area contributed by atoms with E-state index < -0.39 is 0 Å². The third-order valence-electron chi connectivity index (χ3n) is 3.38. The number of H-pyrrole nitrogens is 1. The highest BCUT2D eigenvalue weighted by atomic mass is 79.9. The van der Waals surface area contributed by atoms with Gasteiger partial charge < -0.3 is 10.1 Å². The Morgan fingerprint density at radius 1 is 1.31 bits per heavy atom. The predicted octanol–water partition coefficient (Wildman–Crippen LogP) is 3.91. The quantitative estimate of drug-likeness (QED) is 0.479. The number of ether oxygens (including phenoxy) is 1. The van der Waals surface area contributed by atoms with E-state index in [1.807, 2.05) is 35.7 Å². The molecular weight excluding hydrogens is 436 g/mol. The second-order valence-corrected chi connectivity index (χ2v) is 7.88.